The predicted octanol–water partition coefficient (Wildman–Crippen LogP) is 6.29. The Kier molecular flexibility index (Phi) is 8.05. The van der Waals surface area contributed by atoms with Crippen LogP contribution in [0.1, 0.15) is 30.8 Å². The lowest BCUT2D eigenvalue weighted by atomic mass is 10.2. The van der Waals surface area contributed by atoms with E-state index in [1.54, 1.807) is 16.8 Å². The highest BCUT2D eigenvalue weighted by Crippen LogP contribution is 2.35. The Balaban J connectivity index is 1.79. The minimum Gasteiger partial charge on any atom is -0.490 e. The molecule has 10 heteroatoms. The van der Waals surface area contributed by atoms with Crippen LogP contribution in [0.4, 0.5) is 0 Å². The van der Waals surface area contributed by atoms with Crippen LogP contribution in [0.25, 0.3) is 0 Å². The molecule has 0 amide bonds. The molecule has 0 atom stereocenters. The summed E-state index contributed by atoms with van der Waals surface area (Å²) in [4.78, 5) is 0. The molecule has 160 valence electrons. The van der Waals surface area contributed by atoms with Gasteiger partial charge >= 0.3 is 0 Å². The second kappa shape index (κ2) is 10.5. The van der Waals surface area contributed by atoms with E-state index in [1.165, 1.54) is 0 Å². The van der Waals surface area contributed by atoms with Gasteiger partial charge in [0.25, 0.3) is 0 Å². The Morgan fingerprint density at radius 3 is 2.60 bits per heavy atom. The largest absolute Gasteiger partial charge is 0.490 e. The van der Waals surface area contributed by atoms with Crippen molar-refractivity contribution in [2.24, 2.45) is 0 Å². The first kappa shape index (κ1) is 22.9. The summed E-state index contributed by atoms with van der Waals surface area (Å²) in [5.41, 5.74) is 5.12. The van der Waals surface area contributed by atoms with E-state index < -0.39 is 0 Å². The summed E-state index contributed by atoms with van der Waals surface area (Å²) in [6.07, 6.45) is 0.755. The van der Waals surface area contributed by atoms with Gasteiger partial charge in [0.1, 0.15) is 6.61 Å². The molecule has 3 rings (SSSR count). The fourth-order valence-electron chi connectivity index (χ4n) is 2.78. The van der Waals surface area contributed by atoms with Crippen LogP contribution in [0, 0.1) is 4.77 Å². The van der Waals surface area contributed by atoms with Crippen molar-refractivity contribution < 1.29 is 9.47 Å². The SMILES string of the molecule is CCOc1cc(CNn2c(CC)n[nH]c2=S)c(Br)cc1OCc1ccc(Cl)cc1Cl. The number of ether oxygens (including phenoxy) is 2. The number of aromatic nitrogens is 3. The maximum atomic E-state index is 6.25. The standard InChI is InChI=1S/C20H21BrCl2N4O2S/c1-3-19-25-26-20(30)27(19)24-10-13-7-17(28-4-2)18(9-15(13)21)29-11-12-5-6-14(22)8-16(12)23/h5-9,24H,3-4,10-11H2,1-2H3,(H,26,30). The van der Waals surface area contributed by atoms with E-state index in [9.17, 15) is 0 Å². The number of hydrogen-bond donors (Lipinski definition) is 2. The number of nitrogens with one attached hydrogen (secondary N) is 2. The van der Waals surface area contributed by atoms with Crippen molar-refractivity contribution in [3.8, 4) is 11.5 Å². The number of nitrogens with zero attached hydrogens (tertiary/aromatic N) is 2. The Morgan fingerprint density at radius 2 is 1.90 bits per heavy atom. The molecule has 0 saturated heterocycles. The van der Waals surface area contributed by atoms with E-state index in [0.29, 0.717) is 46.1 Å². The van der Waals surface area contributed by atoms with Crippen molar-refractivity contribution in [2.75, 3.05) is 12.0 Å². The molecule has 0 saturated carbocycles. The number of aryl methyl sites for hydroxylation is 1. The van der Waals surface area contributed by atoms with Gasteiger partial charge < -0.3 is 14.9 Å². The molecular weight excluding hydrogens is 511 g/mol. The topological polar surface area (TPSA) is 64.1 Å². The summed E-state index contributed by atoms with van der Waals surface area (Å²) in [5.74, 6) is 2.10. The van der Waals surface area contributed by atoms with Gasteiger partial charge in [-0.1, -0.05) is 52.1 Å². The van der Waals surface area contributed by atoms with Crippen LogP contribution in [-0.2, 0) is 19.6 Å². The van der Waals surface area contributed by atoms with Crippen molar-refractivity contribution in [1.82, 2.24) is 14.9 Å². The van der Waals surface area contributed by atoms with Crippen molar-refractivity contribution in [1.29, 1.82) is 0 Å². The molecule has 0 fully saturated rings. The molecule has 3 aromatic rings. The van der Waals surface area contributed by atoms with Crippen LogP contribution in [0.15, 0.2) is 34.8 Å². The second-order valence-electron chi connectivity index (χ2n) is 6.32. The summed E-state index contributed by atoms with van der Waals surface area (Å²) >= 11 is 21.1. The van der Waals surface area contributed by atoms with E-state index in [-0.39, 0.29) is 0 Å². The zero-order chi connectivity index (χ0) is 21.7. The van der Waals surface area contributed by atoms with Crippen LogP contribution in [0.3, 0.4) is 0 Å². The molecular formula is C20H21BrCl2N4O2S. The summed E-state index contributed by atoms with van der Waals surface area (Å²) < 4.78 is 15.0. The lowest BCUT2D eigenvalue weighted by molar-refractivity contribution is 0.269. The lowest BCUT2D eigenvalue weighted by Gasteiger charge is -2.16. The number of H-pyrrole nitrogens is 1. The Labute approximate surface area is 198 Å². The van der Waals surface area contributed by atoms with Crippen LogP contribution in [0.5, 0.6) is 11.5 Å². The van der Waals surface area contributed by atoms with Crippen molar-refractivity contribution in [3.63, 3.8) is 0 Å². The molecule has 0 bridgehead atoms. The molecule has 0 aliphatic carbocycles. The lowest BCUT2D eigenvalue weighted by Crippen LogP contribution is -2.17. The molecule has 2 aromatic carbocycles. The zero-order valence-corrected chi connectivity index (χ0v) is 20.4. The van der Waals surface area contributed by atoms with Crippen LogP contribution in [0.2, 0.25) is 10.0 Å². The van der Waals surface area contributed by atoms with Gasteiger partial charge in [0.15, 0.2) is 17.3 Å². The van der Waals surface area contributed by atoms with Crippen molar-refractivity contribution in [3.05, 3.63) is 66.6 Å². The van der Waals surface area contributed by atoms with E-state index in [0.717, 1.165) is 27.8 Å². The number of rotatable bonds is 9. The third kappa shape index (κ3) is 5.49. The van der Waals surface area contributed by atoms with Gasteiger partial charge in [-0.3, -0.25) is 5.10 Å². The molecule has 30 heavy (non-hydrogen) atoms. The third-order valence-corrected chi connectivity index (χ3v) is 5.90. The smallest absolute Gasteiger partial charge is 0.214 e. The van der Waals surface area contributed by atoms with Crippen LogP contribution in [-0.4, -0.2) is 21.5 Å². The highest BCUT2D eigenvalue weighted by Gasteiger charge is 2.13. The van der Waals surface area contributed by atoms with E-state index in [2.05, 4.69) is 31.6 Å². The number of aromatic amines is 1. The van der Waals surface area contributed by atoms with Gasteiger partial charge in [-0.05, 0) is 49.0 Å². The Morgan fingerprint density at radius 1 is 1.13 bits per heavy atom. The van der Waals surface area contributed by atoms with Gasteiger partial charge in [-0.15, -0.1) is 0 Å². The van der Waals surface area contributed by atoms with Gasteiger partial charge in [-0.2, -0.15) is 5.10 Å². The molecule has 0 radical (unpaired) electrons. The van der Waals surface area contributed by atoms with Crippen LogP contribution < -0.4 is 14.9 Å². The molecule has 0 aliphatic rings. The van der Waals surface area contributed by atoms with E-state index in [1.807, 2.05) is 32.0 Å². The van der Waals surface area contributed by atoms with E-state index in [4.69, 9.17) is 44.9 Å². The number of benzene rings is 2. The minimum absolute atomic E-state index is 0.296. The number of hydrogen-bond acceptors (Lipinski definition) is 5. The monoisotopic (exact) mass is 530 g/mol. The van der Waals surface area contributed by atoms with E-state index >= 15 is 0 Å². The first-order valence-corrected chi connectivity index (χ1v) is 11.3. The quantitative estimate of drug-likeness (QED) is 0.317. The van der Waals surface area contributed by atoms with Crippen LogP contribution >= 0.6 is 51.3 Å². The molecule has 0 spiro atoms. The Bertz CT molecular complexity index is 1090. The van der Waals surface area contributed by atoms with Crippen molar-refractivity contribution >= 4 is 51.3 Å². The average Bonchev–Trinajstić information content (AvgIpc) is 3.07. The molecule has 0 unspecified atom stereocenters. The second-order valence-corrected chi connectivity index (χ2v) is 8.40. The normalized spacial score (nSPS) is 10.8. The first-order chi connectivity index (χ1) is 14.4. The van der Waals surface area contributed by atoms with Gasteiger partial charge in [0.2, 0.25) is 4.77 Å². The molecule has 1 aromatic heterocycles. The summed E-state index contributed by atoms with van der Waals surface area (Å²) in [5, 5.41) is 8.15. The molecule has 0 aliphatic heterocycles. The first-order valence-electron chi connectivity index (χ1n) is 9.35. The zero-order valence-electron chi connectivity index (χ0n) is 16.5. The van der Waals surface area contributed by atoms with Gasteiger partial charge in [0, 0.05) is 26.5 Å². The van der Waals surface area contributed by atoms with Gasteiger partial charge in [0.05, 0.1) is 13.2 Å². The minimum atomic E-state index is 0.296. The third-order valence-electron chi connectivity index (χ3n) is 4.30. The maximum Gasteiger partial charge on any atom is 0.214 e. The predicted molar refractivity (Wildman–Crippen MR) is 126 cm³/mol. The highest BCUT2D eigenvalue weighted by molar-refractivity contribution is 9.10. The molecule has 1 heterocycles. The fraction of sp³-hybridized carbons (Fsp3) is 0.300. The number of halogens is 3. The molecule has 6 nitrogen and oxygen atoms in total. The fourth-order valence-corrected chi connectivity index (χ4v) is 3.92. The summed E-state index contributed by atoms with van der Waals surface area (Å²) in [7, 11) is 0. The summed E-state index contributed by atoms with van der Waals surface area (Å²) in [6.45, 7) is 5.28. The Hall–Kier alpha value is -1.74. The molecule has 2 N–H and O–H groups in total. The average molecular weight is 532 g/mol. The van der Waals surface area contributed by atoms with Gasteiger partial charge in [-0.25, -0.2) is 4.68 Å². The highest BCUT2D eigenvalue weighted by atomic mass is 79.9. The maximum absolute atomic E-state index is 6.25. The van der Waals surface area contributed by atoms with Crippen molar-refractivity contribution in [2.45, 2.75) is 33.4 Å². The summed E-state index contributed by atoms with van der Waals surface area (Å²) in [6, 6.07) is 9.15.